The van der Waals surface area contributed by atoms with Crippen molar-refractivity contribution in [2.75, 3.05) is 7.11 Å². The lowest BCUT2D eigenvalue weighted by molar-refractivity contribution is 0.0601. The summed E-state index contributed by atoms with van der Waals surface area (Å²) in [5.74, 6) is -0.266. The molecular weight excluding hydrogens is 310 g/mol. The van der Waals surface area contributed by atoms with Crippen LogP contribution in [-0.2, 0) is 24.1 Å². The maximum Gasteiger partial charge on any atom is 0.337 e. The summed E-state index contributed by atoms with van der Waals surface area (Å²) >= 11 is 0. The molecule has 1 aliphatic rings. The third kappa shape index (κ3) is 2.84. The second-order valence-electron chi connectivity index (χ2n) is 6.93. The zero-order valence-electron chi connectivity index (χ0n) is 14.8. The fourth-order valence-electron chi connectivity index (χ4n) is 4.05. The minimum atomic E-state index is -0.266. The zero-order chi connectivity index (χ0) is 17.4. The number of nitrogens with zero attached hydrogens (tertiary/aromatic N) is 1. The second kappa shape index (κ2) is 6.40. The molecule has 0 saturated heterocycles. The van der Waals surface area contributed by atoms with E-state index in [0.717, 1.165) is 19.4 Å². The Bertz CT molecular complexity index is 952. The fourth-order valence-corrected chi connectivity index (χ4v) is 4.05. The standard InChI is InChI=1S/C22H23NO2/c1-15-6-5-7-16(12-15)14-23-20-9-4-3-8-18(20)19-13-17(22(24)25-2)10-11-21(19)23/h5-7,10-13H,3-4,8-9,14H2,1-2H3. The molecule has 1 aromatic heterocycles. The van der Waals surface area contributed by atoms with Crippen molar-refractivity contribution < 1.29 is 9.53 Å². The molecule has 3 aromatic rings. The summed E-state index contributed by atoms with van der Waals surface area (Å²) in [4.78, 5) is 11.9. The molecule has 25 heavy (non-hydrogen) atoms. The van der Waals surface area contributed by atoms with Crippen LogP contribution in [-0.4, -0.2) is 17.6 Å². The van der Waals surface area contributed by atoms with Crippen molar-refractivity contribution in [1.29, 1.82) is 0 Å². The van der Waals surface area contributed by atoms with E-state index in [4.69, 9.17) is 4.74 Å². The van der Waals surface area contributed by atoms with Crippen molar-refractivity contribution in [2.45, 2.75) is 39.2 Å². The molecule has 0 radical (unpaired) electrons. The average molecular weight is 333 g/mol. The van der Waals surface area contributed by atoms with Crippen molar-refractivity contribution in [1.82, 2.24) is 4.57 Å². The molecular formula is C22H23NO2. The smallest absolute Gasteiger partial charge is 0.337 e. The van der Waals surface area contributed by atoms with E-state index in [-0.39, 0.29) is 5.97 Å². The molecule has 0 spiro atoms. The number of aryl methyl sites for hydroxylation is 2. The van der Waals surface area contributed by atoms with Gasteiger partial charge >= 0.3 is 5.97 Å². The molecule has 1 aliphatic carbocycles. The molecule has 0 N–H and O–H groups in total. The van der Waals surface area contributed by atoms with Gasteiger partial charge in [-0.15, -0.1) is 0 Å². The summed E-state index contributed by atoms with van der Waals surface area (Å²) in [5.41, 5.74) is 7.32. The van der Waals surface area contributed by atoms with E-state index in [9.17, 15) is 4.79 Å². The predicted octanol–water partition coefficient (Wildman–Crippen LogP) is 4.66. The van der Waals surface area contributed by atoms with Crippen LogP contribution in [0.25, 0.3) is 10.9 Å². The first-order valence-electron chi connectivity index (χ1n) is 8.95. The van der Waals surface area contributed by atoms with Gasteiger partial charge < -0.3 is 9.30 Å². The number of rotatable bonds is 3. The van der Waals surface area contributed by atoms with Gasteiger partial charge in [-0.3, -0.25) is 0 Å². The fraction of sp³-hybridized carbons (Fsp3) is 0.318. The van der Waals surface area contributed by atoms with Gasteiger partial charge in [-0.25, -0.2) is 4.79 Å². The highest BCUT2D eigenvalue weighted by atomic mass is 16.5. The Morgan fingerprint density at radius 2 is 1.96 bits per heavy atom. The van der Waals surface area contributed by atoms with Crippen LogP contribution in [0.15, 0.2) is 42.5 Å². The third-order valence-corrected chi connectivity index (χ3v) is 5.22. The first kappa shape index (κ1) is 15.9. The summed E-state index contributed by atoms with van der Waals surface area (Å²) in [6.45, 7) is 3.01. The number of hydrogen-bond acceptors (Lipinski definition) is 2. The van der Waals surface area contributed by atoms with Gasteiger partial charge in [0, 0.05) is 23.1 Å². The van der Waals surface area contributed by atoms with Crippen molar-refractivity contribution in [3.05, 3.63) is 70.4 Å². The SMILES string of the molecule is COC(=O)c1ccc2c(c1)c1c(n2Cc2cccc(C)c2)CCCC1. The molecule has 3 nitrogen and oxygen atoms in total. The number of fused-ring (bicyclic) bond motifs is 3. The van der Waals surface area contributed by atoms with E-state index in [1.807, 2.05) is 12.1 Å². The van der Waals surface area contributed by atoms with E-state index in [1.165, 1.54) is 53.2 Å². The highest BCUT2D eigenvalue weighted by Crippen LogP contribution is 2.33. The van der Waals surface area contributed by atoms with Crippen molar-refractivity contribution in [3.63, 3.8) is 0 Å². The van der Waals surface area contributed by atoms with Crippen LogP contribution in [0.1, 0.15) is 45.6 Å². The van der Waals surface area contributed by atoms with Crippen LogP contribution in [0, 0.1) is 6.92 Å². The minimum absolute atomic E-state index is 0.266. The van der Waals surface area contributed by atoms with Crippen molar-refractivity contribution in [2.24, 2.45) is 0 Å². The van der Waals surface area contributed by atoms with Crippen molar-refractivity contribution in [3.8, 4) is 0 Å². The first-order valence-corrected chi connectivity index (χ1v) is 8.95. The number of benzene rings is 2. The molecule has 2 aromatic carbocycles. The number of carbonyl (C=O) groups is 1. The van der Waals surface area contributed by atoms with Gasteiger partial charge in [-0.1, -0.05) is 29.8 Å². The van der Waals surface area contributed by atoms with Gasteiger partial charge in [0.25, 0.3) is 0 Å². The van der Waals surface area contributed by atoms with Gasteiger partial charge in [0.1, 0.15) is 0 Å². The second-order valence-corrected chi connectivity index (χ2v) is 6.93. The van der Waals surface area contributed by atoms with Crippen LogP contribution < -0.4 is 0 Å². The number of esters is 1. The van der Waals surface area contributed by atoms with E-state index in [1.54, 1.807) is 0 Å². The van der Waals surface area contributed by atoms with Crippen LogP contribution in [0.3, 0.4) is 0 Å². The summed E-state index contributed by atoms with van der Waals surface area (Å²) in [6, 6.07) is 14.7. The number of methoxy groups -OCH3 is 1. The predicted molar refractivity (Wildman–Crippen MR) is 100 cm³/mol. The molecule has 128 valence electrons. The lowest BCUT2D eigenvalue weighted by Crippen LogP contribution is -2.09. The molecule has 1 heterocycles. The average Bonchev–Trinajstić information content (AvgIpc) is 2.95. The molecule has 0 fully saturated rings. The zero-order valence-corrected chi connectivity index (χ0v) is 14.8. The Labute approximate surface area is 148 Å². The normalized spacial score (nSPS) is 13.7. The van der Waals surface area contributed by atoms with E-state index in [2.05, 4.69) is 41.8 Å². The minimum Gasteiger partial charge on any atom is -0.465 e. The van der Waals surface area contributed by atoms with Crippen molar-refractivity contribution >= 4 is 16.9 Å². The van der Waals surface area contributed by atoms with Crippen LogP contribution in [0.5, 0.6) is 0 Å². The molecule has 0 amide bonds. The van der Waals surface area contributed by atoms with Crippen LogP contribution in [0.2, 0.25) is 0 Å². The van der Waals surface area contributed by atoms with Gasteiger partial charge in [0.15, 0.2) is 0 Å². The molecule has 0 unspecified atom stereocenters. The lowest BCUT2D eigenvalue weighted by Gasteiger charge is -2.16. The number of carbonyl (C=O) groups excluding carboxylic acids is 1. The molecule has 0 saturated carbocycles. The molecule has 0 atom stereocenters. The van der Waals surface area contributed by atoms with Gasteiger partial charge in [-0.2, -0.15) is 0 Å². The number of aromatic nitrogens is 1. The highest BCUT2D eigenvalue weighted by molar-refractivity contribution is 5.96. The Morgan fingerprint density at radius 1 is 1.12 bits per heavy atom. The van der Waals surface area contributed by atoms with Crippen LogP contribution >= 0.6 is 0 Å². The third-order valence-electron chi connectivity index (χ3n) is 5.22. The summed E-state index contributed by atoms with van der Waals surface area (Å²) < 4.78 is 7.34. The Hall–Kier alpha value is -2.55. The Kier molecular flexibility index (Phi) is 4.08. The maximum absolute atomic E-state index is 11.9. The van der Waals surface area contributed by atoms with Crippen LogP contribution in [0.4, 0.5) is 0 Å². The topological polar surface area (TPSA) is 31.2 Å². The largest absolute Gasteiger partial charge is 0.465 e. The van der Waals surface area contributed by atoms with Gasteiger partial charge in [0.2, 0.25) is 0 Å². The number of hydrogen-bond donors (Lipinski definition) is 0. The lowest BCUT2D eigenvalue weighted by atomic mass is 9.95. The molecule has 3 heteroatoms. The summed E-state index contributed by atoms with van der Waals surface area (Å²) in [6.07, 6.45) is 4.67. The quantitative estimate of drug-likeness (QED) is 0.653. The Morgan fingerprint density at radius 3 is 2.76 bits per heavy atom. The molecule has 0 bridgehead atoms. The number of ether oxygens (including phenoxy) is 1. The van der Waals surface area contributed by atoms with Gasteiger partial charge in [0.05, 0.1) is 12.7 Å². The van der Waals surface area contributed by atoms with Gasteiger partial charge in [-0.05, 0) is 61.9 Å². The monoisotopic (exact) mass is 333 g/mol. The summed E-state index contributed by atoms with van der Waals surface area (Å²) in [5, 5.41) is 1.21. The molecule has 0 aliphatic heterocycles. The maximum atomic E-state index is 11.9. The first-order chi connectivity index (χ1) is 12.2. The summed E-state index contributed by atoms with van der Waals surface area (Å²) in [7, 11) is 1.44. The van der Waals surface area contributed by atoms with E-state index < -0.39 is 0 Å². The molecule has 4 rings (SSSR count). The highest BCUT2D eigenvalue weighted by Gasteiger charge is 2.21. The van der Waals surface area contributed by atoms with E-state index >= 15 is 0 Å². The Balaban J connectivity index is 1.87. The van der Waals surface area contributed by atoms with E-state index in [0.29, 0.717) is 5.56 Å².